The van der Waals surface area contributed by atoms with Crippen LogP contribution in [0.25, 0.3) is 10.9 Å². The highest BCUT2D eigenvalue weighted by Crippen LogP contribution is 2.38. The number of hydrogen-bond donors (Lipinski definition) is 2. The van der Waals surface area contributed by atoms with Gasteiger partial charge in [0, 0.05) is 36.9 Å². The zero-order valence-electron chi connectivity index (χ0n) is 27.4. The lowest BCUT2D eigenvalue weighted by Crippen LogP contribution is -2.52. The number of hydrogen-bond acceptors (Lipinski definition) is 10. The Kier molecular flexibility index (Phi) is 12.4. The third kappa shape index (κ3) is 9.80. The number of ether oxygens (including phenoxy) is 5. The minimum atomic E-state index is -1.36. The number of terminal acetylenes is 1. The molecule has 0 aliphatic heterocycles. The number of alkyl carbamates (subject to hydrolysis) is 1. The number of aliphatic hydroxyl groups excluding tert-OH is 1. The second-order valence-electron chi connectivity index (χ2n) is 11.6. The zero-order chi connectivity index (χ0) is 33.8. The number of rotatable bonds is 15. The number of aliphatic hydroxyl groups is 1. The Bertz CT molecular complexity index is 1650. The maximum absolute atomic E-state index is 13.1. The molecule has 1 heterocycles. The highest BCUT2D eigenvalue weighted by atomic mass is 16.6. The van der Waals surface area contributed by atoms with Crippen LogP contribution in [0.3, 0.4) is 0 Å². The SMILES string of the molecule is C#Cc1cccc(N(c2ncnc3cc(OCCOC)c(OCCOC)cc23)C(O)[C@H](Cc2ccccc2)NC(=O)OC(C)(C)C)c1. The summed E-state index contributed by atoms with van der Waals surface area (Å²) in [5.41, 5.74) is 1.81. The molecule has 0 bridgehead atoms. The van der Waals surface area contributed by atoms with E-state index in [-0.39, 0.29) is 13.0 Å². The standard InChI is InChI=1S/C36H42N4O7/c1-7-25-14-11-15-27(20-25)40(34(41)30(21-26-12-9-8-10-13-26)39-35(42)47-36(2,3)4)33-28-22-31(45-18-16-43-5)32(46-19-17-44-6)23-29(28)37-24-38-33/h1,8-15,20,22-24,30,34,41H,16-19,21H2,2-6H3,(H,39,42)/t30-,34?/m0/s1. The summed E-state index contributed by atoms with van der Waals surface area (Å²) in [6, 6.07) is 19.4. The summed E-state index contributed by atoms with van der Waals surface area (Å²) in [5.74, 6) is 3.90. The van der Waals surface area contributed by atoms with Gasteiger partial charge in [0.05, 0.1) is 24.8 Å². The lowest BCUT2D eigenvalue weighted by Gasteiger charge is -2.35. The van der Waals surface area contributed by atoms with Gasteiger partial charge >= 0.3 is 6.09 Å². The average Bonchev–Trinajstić information content (AvgIpc) is 3.04. The first-order valence-electron chi connectivity index (χ1n) is 15.2. The largest absolute Gasteiger partial charge is 0.487 e. The summed E-state index contributed by atoms with van der Waals surface area (Å²) in [6.45, 7) is 6.62. The van der Waals surface area contributed by atoms with Crippen LogP contribution in [0.4, 0.5) is 16.3 Å². The molecule has 0 aliphatic carbocycles. The van der Waals surface area contributed by atoms with E-state index in [0.29, 0.717) is 59.3 Å². The van der Waals surface area contributed by atoms with Crippen LogP contribution in [0.15, 0.2) is 73.1 Å². The van der Waals surface area contributed by atoms with Gasteiger partial charge in [-0.05, 0) is 57.0 Å². The predicted molar refractivity (Wildman–Crippen MR) is 180 cm³/mol. The number of benzene rings is 3. The normalized spacial score (nSPS) is 12.5. The molecule has 0 radical (unpaired) electrons. The Morgan fingerprint density at radius 1 is 0.936 bits per heavy atom. The Hall–Kier alpha value is -4.89. The molecule has 1 amide bonds. The summed E-state index contributed by atoms with van der Waals surface area (Å²) in [4.78, 5) is 23.9. The van der Waals surface area contributed by atoms with E-state index in [9.17, 15) is 9.90 Å². The van der Waals surface area contributed by atoms with Crippen molar-refractivity contribution in [3.8, 4) is 23.8 Å². The van der Waals surface area contributed by atoms with Crippen molar-refractivity contribution in [2.24, 2.45) is 0 Å². The number of amides is 1. The number of nitrogens with one attached hydrogen (secondary N) is 1. The Morgan fingerprint density at radius 2 is 1.62 bits per heavy atom. The molecule has 3 aromatic carbocycles. The van der Waals surface area contributed by atoms with Gasteiger partial charge in [0.2, 0.25) is 0 Å². The second-order valence-corrected chi connectivity index (χ2v) is 11.6. The molecule has 2 N–H and O–H groups in total. The molecule has 0 fully saturated rings. The number of methoxy groups -OCH3 is 2. The van der Waals surface area contributed by atoms with Gasteiger partial charge in [-0.1, -0.05) is 42.3 Å². The number of carbonyl (C=O) groups excluding carboxylic acids is 1. The summed E-state index contributed by atoms with van der Waals surface area (Å²) < 4.78 is 28.0. The van der Waals surface area contributed by atoms with Crippen LogP contribution in [0.5, 0.6) is 11.5 Å². The second kappa shape index (κ2) is 16.6. The number of anilines is 2. The maximum atomic E-state index is 13.1. The van der Waals surface area contributed by atoms with Crippen LogP contribution in [0.2, 0.25) is 0 Å². The van der Waals surface area contributed by atoms with Crippen LogP contribution in [-0.4, -0.2) is 79.7 Å². The van der Waals surface area contributed by atoms with Crippen molar-refractivity contribution in [2.45, 2.75) is 45.1 Å². The smallest absolute Gasteiger partial charge is 0.408 e. The fraction of sp³-hybridized carbons (Fsp3) is 0.361. The quantitative estimate of drug-likeness (QED) is 0.101. The van der Waals surface area contributed by atoms with E-state index in [0.717, 1.165) is 5.56 Å². The summed E-state index contributed by atoms with van der Waals surface area (Å²) in [7, 11) is 3.18. The summed E-state index contributed by atoms with van der Waals surface area (Å²) in [6.07, 6.45) is 5.43. The van der Waals surface area contributed by atoms with Crippen molar-refractivity contribution < 1.29 is 33.6 Å². The molecule has 0 saturated carbocycles. The highest BCUT2D eigenvalue weighted by molar-refractivity contribution is 5.94. The number of nitrogens with zero attached hydrogens (tertiary/aromatic N) is 3. The third-order valence-corrected chi connectivity index (χ3v) is 6.91. The lowest BCUT2D eigenvalue weighted by atomic mass is 10.0. The Morgan fingerprint density at radius 3 is 2.26 bits per heavy atom. The molecule has 1 aromatic heterocycles. The number of carbonyl (C=O) groups is 1. The van der Waals surface area contributed by atoms with Crippen LogP contribution in [0.1, 0.15) is 31.9 Å². The van der Waals surface area contributed by atoms with Crippen LogP contribution < -0.4 is 19.7 Å². The molecule has 0 spiro atoms. The van der Waals surface area contributed by atoms with Crippen LogP contribution in [-0.2, 0) is 20.6 Å². The Balaban J connectivity index is 1.87. The molecular formula is C36H42N4O7. The highest BCUT2D eigenvalue weighted by Gasteiger charge is 2.32. The van der Waals surface area contributed by atoms with E-state index in [1.807, 2.05) is 36.4 Å². The van der Waals surface area contributed by atoms with Gasteiger partial charge in [-0.3, -0.25) is 4.90 Å². The first-order chi connectivity index (χ1) is 22.6. The molecule has 248 valence electrons. The van der Waals surface area contributed by atoms with Gasteiger partial charge in [-0.15, -0.1) is 6.42 Å². The number of aromatic nitrogens is 2. The van der Waals surface area contributed by atoms with Gasteiger partial charge in [-0.25, -0.2) is 14.8 Å². The van der Waals surface area contributed by atoms with Crippen molar-refractivity contribution in [3.05, 3.63) is 84.2 Å². The Labute approximate surface area is 275 Å². The van der Waals surface area contributed by atoms with Crippen molar-refractivity contribution in [2.75, 3.05) is 45.5 Å². The first-order valence-corrected chi connectivity index (χ1v) is 15.2. The summed E-state index contributed by atoms with van der Waals surface area (Å²) >= 11 is 0. The van der Waals surface area contributed by atoms with E-state index in [1.54, 1.807) is 70.2 Å². The predicted octanol–water partition coefficient (Wildman–Crippen LogP) is 5.25. The van der Waals surface area contributed by atoms with E-state index >= 15 is 0 Å². The van der Waals surface area contributed by atoms with E-state index in [1.165, 1.54) is 6.33 Å². The lowest BCUT2D eigenvalue weighted by molar-refractivity contribution is 0.0428. The topological polar surface area (TPSA) is 125 Å². The van der Waals surface area contributed by atoms with E-state index < -0.39 is 24.0 Å². The van der Waals surface area contributed by atoms with Crippen LogP contribution in [0, 0.1) is 12.3 Å². The van der Waals surface area contributed by atoms with Crippen molar-refractivity contribution >= 4 is 28.5 Å². The molecule has 0 saturated heterocycles. The fourth-order valence-electron chi connectivity index (χ4n) is 4.82. The van der Waals surface area contributed by atoms with Gasteiger partial charge in [0.25, 0.3) is 0 Å². The van der Waals surface area contributed by atoms with Gasteiger partial charge < -0.3 is 34.1 Å². The molecule has 4 rings (SSSR count). The monoisotopic (exact) mass is 642 g/mol. The van der Waals surface area contributed by atoms with Gasteiger partial charge in [-0.2, -0.15) is 0 Å². The van der Waals surface area contributed by atoms with E-state index in [4.69, 9.17) is 30.1 Å². The van der Waals surface area contributed by atoms with Crippen LogP contribution >= 0.6 is 0 Å². The molecule has 1 unspecified atom stereocenters. The molecular weight excluding hydrogens is 600 g/mol. The molecule has 11 nitrogen and oxygen atoms in total. The molecule has 47 heavy (non-hydrogen) atoms. The minimum absolute atomic E-state index is 0.265. The van der Waals surface area contributed by atoms with Crippen molar-refractivity contribution in [1.82, 2.24) is 15.3 Å². The number of fused-ring (bicyclic) bond motifs is 1. The van der Waals surface area contributed by atoms with Crippen molar-refractivity contribution in [1.29, 1.82) is 0 Å². The molecule has 11 heteroatoms. The molecule has 4 aromatic rings. The average molecular weight is 643 g/mol. The third-order valence-electron chi connectivity index (χ3n) is 6.91. The molecule has 0 aliphatic rings. The summed E-state index contributed by atoms with van der Waals surface area (Å²) in [5, 5.41) is 15.8. The first kappa shape index (κ1) is 35.0. The zero-order valence-corrected chi connectivity index (χ0v) is 27.4. The molecule has 2 atom stereocenters. The van der Waals surface area contributed by atoms with Crippen molar-refractivity contribution in [3.63, 3.8) is 0 Å². The maximum Gasteiger partial charge on any atom is 0.408 e. The fourth-order valence-corrected chi connectivity index (χ4v) is 4.82. The van der Waals surface area contributed by atoms with Gasteiger partial charge in [0.1, 0.15) is 31.0 Å². The van der Waals surface area contributed by atoms with E-state index in [2.05, 4.69) is 21.2 Å². The van der Waals surface area contributed by atoms with Gasteiger partial charge in [0.15, 0.2) is 17.7 Å². The minimum Gasteiger partial charge on any atom is -0.487 e.